The van der Waals surface area contributed by atoms with E-state index in [9.17, 15) is 22.8 Å². The normalized spacial score (nSPS) is 16.2. The molecule has 7 nitrogen and oxygen atoms in total. The van der Waals surface area contributed by atoms with E-state index in [4.69, 9.17) is 22.1 Å². The summed E-state index contributed by atoms with van der Waals surface area (Å²) in [4.78, 5) is 30.2. The zero-order valence-electron chi connectivity index (χ0n) is 15.1. The first kappa shape index (κ1) is 20.7. The number of benzene rings is 1. The SMILES string of the molecule is CCC1Oc2ccc(N)nc2N(CC(=O)Nc2cc(C(F)(F)F)ccc2Cl)C1=O. The molecule has 29 heavy (non-hydrogen) atoms. The Hall–Kier alpha value is -3.01. The van der Waals surface area contributed by atoms with E-state index < -0.39 is 36.2 Å². The van der Waals surface area contributed by atoms with Crippen molar-refractivity contribution < 1.29 is 27.5 Å². The van der Waals surface area contributed by atoms with E-state index in [1.54, 1.807) is 6.92 Å². The van der Waals surface area contributed by atoms with Crippen molar-refractivity contribution in [2.75, 3.05) is 22.5 Å². The third-order valence-electron chi connectivity index (χ3n) is 4.17. The van der Waals surface area contributed by atoms with E-state index in [2.05, 4.69) is 10.3 Å². The lowest BCUT2D eigenvalue weighted by atomic mass is 10.1. The largest absolute Gasteiger partial charge is 0.477 e. The van der Waals surface area contributed by atoms with Gasteiger partial charge < -0.3 is 15.8 Å². The van der Waals surface area contributed by atoms with Gasteiger partial charge in [0.1, 0.15) is 12.4 Å². The first-order valence-corrected chi connectivity index (χ1v) is 8.89. The molecule has 2 aromatic rings. The molecular formula is C18H16ClF3N4O3. The molecule has 3 N–H and O–H groups in total. The molecule has 0 radical (unpaired) electrons. The molecule has 0 fully saturated rings. The highest BCUT2D eigenvalue weighted by Crippen LogP contribution is 2.35. The molecule has 0 bridgehead atoms. The number of nitrogens with zero attached hydrogens (tertiary/aromatic N) is 2. The van der Waals surface area contributed by atoms with E-state index in [-0.39, 0.29) is 28.1 Å². The molecule has 0 saturated heterocycles. The molecule has 1 aliphatic heterocycles. The molecule has 154 valence electrons. The Morgan fingerprint density at radius 3 is 2.72 bits per heavy atom. The highest BCUT2D eigenvalue weighted by atomic mass is 35.5. The minimum absolute atomic E-state index is 0.0602. The highest BCUT2D eigenvalue weighted by molar-refractivity contribution is 6.33. The quantitative estimate of drug-likeness (QED) is 0.777. The minimum Gasteiger partial charge on any atom is -0.477 e. The summed E-state index contributed by atoms with van der Waals surface area (Å²) in [6, 6.07) is 5.58. The number of nitrogens with two attached hydrogens (primary N) is 1. The fraction of sp³-hybridized carbons (Fsp3) is 0.278. The van der Waals surface area contributed by atoms with Gasteiger partial charge in [-0.3, -0.25) is 14.5 Å². The lowest BCUT2D eigenvalue weighted by Crippen LogP contribution is -2.49. The number of hydrogen-bond acceptors (Lipinski definition) is 5. The zero-order valence-corrected chi connectivity index (χ0v) is 15.8. The number of aromatic nitrogens is 1. The van der Waals surface area contributed by atoms with Gasteiger partial charge >= 0.3 is 6.18 Å². The van der Waals surface area contributed by atoms with Gasteiger partial charge in [-0.15, -0.1) is 0 Å². The molecular weight excluding hydrogens is 413 g/mol. The summed E-state index contributed by atoms with van der Waals surface area (Å²) in [5.41, 5.74) is 4.47. The zero-order chi connectivity index (χ0) is 21.3. The van der Waals surface area contributed by atoms with Crippen molar-refractivity contribution in [1.29, 1.82) is 0 Å². The Balaban J connectivity index is 1.85. The molecule has 1 aromatic carbocycles. The third kappa shape index (κ3) is 4.37. The van der Waals surface area contributed by atoms with Gasteiger partial charge in [-0.2, -0.15) is 13.2 Å². The number of carbonyl (C=O) groups is 2. The number of anilines is 3. The van der Waals surface area contributed by atoms with Crippen molar-refractivity contribution in [3.05, 3.63) is 40.9 Å². The second-order valence-electron chi connectivity index (χ2n) is 6.24. The second kappa shape index (κ2) is 7.78. The van der Waals surface area contributed by atoms with Gasteiger partial charge in [0.05, 0.1) is 16.3 Å². The number of alkyl halides is 3. The average molecular weight is 429 g/mol. The lowest BCUT2D eigenvalue weighted by Gasteiger charge is -2.32. The van der Waals surface area contributed by atoms with Gasteiger partial charge in [0.25, 0.3) is 5.91 Å². The van der Waals surface area contributed by atoms with Crippen molar-refractivity contribution in [1.82, 2.24) is 4.98 Å². The van der Waals surface area contributed by atoms with E-state index in [0.717, 1.165) is 23.1 Å². The van der Waals surface area contributed by atoms with Crippen molar-refractivity contribution >= 4 is 40.7 Å². The van der Waals surface area contributed by atoms with Crippen LogP contribution in [0.1, 0.15) is 18.9 Å². The summed E-state index contributed by atoms with van der Waals surface area (Å²) < 4.78 is 44.3. The molecule has 2 heterocycles. The van der Waals surface area contributed by atoms with Crippen molar-refractivity contribution in [3.63, 3.8) is 0 Å². The van der Waals surface area contributed by atoms with E-state index in [0.29, 0.717) is 6.42 Å². The standard InChI is InChI=1S/C18H16ClF3N4O3/c1-2-12-17(28)26(16-13(29-12)5-6-14(23)25-16)8-15(27)24-11-7-9(18(20,21)22)3-4-10(11)19/h3-7,12H,2,8H2,1H3,(H2,23,25)(H,24,27). The number of pyridine rings is 1. The van der Waals surface area contributed by atoms with Crippen molar-refractivity contribution in [3.8, 4) is 5.75 Å². The molecule has 2 amide bonds. The summed E-state index contributed by atoms with van der Waals surface area (Å²) in [6.07, 6.45) is -5.07. The van der Waals surface area contributed by atoms with Crippen LogP contribution in [0.25, 0.3) is 0 Å². The van der Waals surface area contributed by atoms with E-state index in [1.165, 1.54) is 12.1 Å². The first-order valence-electron chi connectivity index (χ1n) is 8.51. The van der Waals surface area contributed by atoms with Gasteiger partial charge in [-0.05, 0) is 36.8 Å². The Labute approximate surface area is 168 Å². The fourth-order valence-corrected chi connectivity index (χ4v) is 2.92. The van der Waals surface area contributed by atoms with Crippen LogP contribution in [0, 0.1) is 0 Å². The van der Waals surface area contributed by atoms with Crippen LogP contribution >= 0.6 is 11.6 Å². The molecule has 3 rings (SSSR count). The number of rotatable bonds is 4. The molecule has 1 unspecified atom stereocenters. The predicted molar refractivity (Wildman–Crippen MR) is 101 cm³/mol. The Morgan fingerprint density at radius 1 is 1.34 bits per heavy atom. The van der Waals surface area contributed by atoms with Crippen LogP contribution in [-0.2, 0) is 15.8 Å². The molecule has 1 aliphatic rings. The summed E-state index contributed by atoms with van der Waals surface area (Å²) in [7, 11) is 0. The van der Waals surface area contributed by atoms with Crippen LogP contribution in [0.4, 0.5) is 30.5 Å². The molecule has 0 aliphatic carbocycles. The van der Waals surface area contributed by atoms with Gasteiger partial charge in [0, 0.05) is 0 Å². The lowest BCUT2D eigenvalue weighted by molar-refractivity contribution is -0.137. The van der Waals surface area contributed by atoms with E-state index >= 15 is 0 Å². The summed E-state index contributed by atoms with van der Waals surface area (Å²) in [6.45, 7) is 1.23. The predicted octanol–water partition coefficient (Wildman–Crippen LogP) is 3.48. The highest BCUT2D eigenvalue weighted by Gasteiger charge is 2.36. The van der Waals surface area contributed by atoms with Gasteiger partial charge in [-0.1, -0.05) is 18.5 Å². The number of hydrogen-bond donors (Lipinski definition) is 2. The number of amides is 2. The van der Waals surface area contributed by atoms with Crippen LogP contribution in [0.3, 0.4) is 0 Å². The van der Waals surface area contributed by atoms with Crippen LogP contribution in [0.15, 0.2) is 30.3 Å². The Kier molecular flexibility index (Phi) is 5.56. The van der Waals surface area contributed by atoms with Crippen molar-refractivity contribution in [2.24, 2.45) is 0 Å². The summed E-state index contributed by atoms with van der Waals surface area (Å²) in [5.74, 6) is -0.822. The topological polar surface area (TPSA) is 97.6 Å². The van der Waals surface area contributed by atoms with Crippen LogP contribution < -0.4 is 20.7 Å². The monoisotopic (exact) mass is 428 g/mol. The molecule has 11 heteroatoms. The molecule has 1 aromatic heterocycles. The van der Waals surface area contributed by atoms with Gasteiger partial charge in [0.2, 0.25) is 5.91 Å². The summed E-state index contributed by atoms with van der Waals surface area (Å²) in [5, 5.41) is 2.23. The molecule has 0 spiro atoms. The second-order valence-corrected chi connectivity index (χ2v) is 6.64. The van der Waals surface area contributed by atoms with Gasteiger partial charge in [-0.25, -0.2) is 4.98 Å². The average Bonchev–Trinajstić information content (AvgIpc) is 2.65. The number of nitrogen functional groups attached to an aromatic ring is 1. The summed E-state index contributed by atoms with van der Waals surface area (Å²) >= 11 is 5.90. The van der Waals surface area contributed by atoms with Gasteiger partial charge in [0.15, 0.2) is 17.7 Å². The maximum absolute atomic E-state index is 12.9. The number of carbonyl (C=O) groups excluding carboxylic acids is 2. The third-order valence-corrected chi connectivity index (χ3v) is 4.50. The minimum atomic E-state index is -4.60. The number of halogens is 4. The fourth-order valence-electron chi connectivity index (χ4n) is 2.76. The number of nitrogens with one attached hydrogen (secondary N) is 1. The maximum Gasteiger partial charge on any atom is 0.416 e. The smallest absolute Gasteiger partial charge is 0.416 e. The van der Waals surface area contributed by atoms with Crippen LogP contribution in [0.5, 0.6) is 5.75 Å². The van der Waals surface area contributed by atoms with Crippen molar-refractivity contribution in [2.45, 2.75) is 25.6 Å². The number of ether oxygens (including phenoxy) is 1. The van der Waals surface area contributed by atoms with E-state index in [1.807, 2.05) is 0 Å². The first-order chi connectivity index (χ1) is 13.6. The molecule has 1 atom stereocenters. The number of fused-ring (bicyclic) bond motifs is 1. The maximum atomic E-state index is 12.9. The molecule has 0 saturated carbocycles. The van der Waals surface area contributed by atoms with Crippen LogP contribution in [-0.4, -0.2) is 29.4 Å². The van der Waals surface area contributed by atoms with Crippen LogP contribution in [0.2, 0.25) is 5.02 Å². The Bertz CT molecular complexity index is 968. The Morgan fingerprint density at radius 2 is 2.07 bits per heavy atom.